The summed E-state index contributed by atoms with van der Waals surface area (Å²) in [6, 6.07) is 29.0. The molecule has 0 bridgehead atoms. The summed E-state index contributed by atoms with van der Waals surface area (Å²) in [5.41, 5.74) is 4.54. The molecule has 34 heavy (non-hydrogen) atoms. The van der Waals surface area contributed by atoms with E-state index in [1.54, 1.807) is 0 Å². The van der Waals surface area contributed by atoms with Gasteiger partial charge in [-0.05, 0) is 18.9 Å². The highest BCUT2D eigenvalue weighted by atomic mass is 32.1. The van der Waals surface area contributed by atoms with E-state index < -0.39 is 0 Å². The van der Waals surface area contributed by atoms with Crippen LogP contribution in [0, 0.1) is 0 Å². The molecule has 0 amide bonds. The van der Waals surface area contributed by atoms with Crippen molar-refractivity contribution in [3.8, 4) is 28.7 Å². The highest BCUT2D eigenvalue weighted by Crippen LogP contribution is 2.42. The first-order chi connectivity index (χ1) is 16.9. The lowest BCUT2D eigenvalue weighted by molar-refractivity contribution is 0.841. The van der Waals surface area contributed by atoms with Gasteiger partial charge in [-0.25, -0.2) is 4.98 Å². The fraction of sp³-hybridized carbons (Fsp3) is 0.0690. The average Bonchev–Trinajstić information content (AvgIpc) is 3.44. The van der Waals surface area contributed by atoms with Crippen LogP contribution in [0.3, 0.4) is 0 Å². The van der Waals surface area contributed by atoms with Crippen LogP contribution in [0.5, 0.6) is 0 Å². The van der Waals surface area contributed by atoms with E-state index in [4.69, 9.17) is 15.0 Å². The summed E-state index contributed by atoms with van der Waals surface area (Å²) in [5.74, 6) is 2.06. The van der Waals surface area contributed by atoms with Crippen LogP contribution in [-0.4, -0.2) is 19.5 Å². The maximum atomic E-state index is 5.02. The molecule has 4 nitrogen and oxygen atoms in total. The molecule has 0 saturated heterocycles. The molecule has 162 valence electrons. The molecule has 0 aliphatic heterocycles. The van der Waals surface area contributed by atoms with Gasteiger partial charge in [0.15, 0.2) is 11.6 Å². The summed E-state index contributed by atoms with van der Waals surface area (Å²) in [6.07, 6.45) is 6.53. The average molecular weight is 457 g/mol. The molecule has 0 spiro atoms. The molecule has 3 aromatic carbocycles. The van der Waals surface area contributed by atoms with Crippen molar-refractivity contribution >= 4 is 37.7 Å². The first-order valence-electron chi connectivity index (χ1n) is 11.5. The quantitative estimate of drug-likeness (QED) is 0.280. The first kappa shape index (κ1) is 19.4. The van der Waals surface area contributed by atoms with Crippen molar-refractivity contribution in [2.45, 2.75) is 12.8 Å². The Labute approximate surface area is 200 Å². The molecule has 5 heteroatoms. The molecule has 1 aliphatic carbocycles. The number of allylic oxidation sites excluding steroid dienone is 1. The second-order valence-electron chi connectivity index (χ2n) is 8.43. The van der Waals surface area contributed by atoms with Crippen molar-refractivity contribution in [3.05, 3.63) is 102 Å². The predicted molar refractivity (Wildman–Crippen MR) is 140 cm³/mol. The SMILES string of the molecule is C1=Cc2c(n(-c3nc(-c4ccccc4)nc(-c4ccccc4)n3)c3sc4ccccc4c23)CC1. The molecule has 6 aromatic rings. The van der Waals surface area contributed by atoms with Gasteiger partial charge in [-0.2, -0.15) is 9.97 Å². The molecule has 1 aliphatic rings. The lowest BCUT2D eigenvalue weighted by Crippen LogP contribution is -2.09. The minimum Gasteiger partial charge on any atom is -0.272 e. The zero-order valence-corrected chi connectivity index (χ0v) is 19.2. The molecule has 0 unspecified atom stereocenters. The van der Waals surface area contributed by atoms with Gasteiger partial charge in [0.25, 0.3) is 0 Å². The molecule has 7 rings (SSSR count). The number of nitrogens with zero attached hydrogens (tertiary/aromatic N) is 4. The molecular weight excluding hydrogens is 436 g/mol. The fourth-order valence-electron chi connectivity index (χ4n) is 4.79. The molecule has 0 N–H and O–H groups in total. The molecule has 0 saturated carbocycles. The van der Waals surface area contributed by atoms with Crippen molar-refractivity contribution in [2.75, 3.05) is 0 Å². The Morgan fingerprint density at radius 3 is 2.06 bits per heavy atom. The van der Waals surface area contributed by atoms with E-state index in [1.807, 2.05) is 47.7 Å². The topological polar surface area (TPSA) is 43.6 Å². The van der Waals surface area contributed by atoms with E-state index >= 15 is 0 Å². The number of hydrogen-bond acceptors (Lipinski definition) is 4. The van der Waals surface area contributed by atoms with Crippen LogP contribution in [0.1, 0.15) is 17.7 Å². The van der Waals surface area contributed by atoms with Crippen molar-refractivity contribution in [3.63, 3.8) is 0 Å². The van der Waals surface area contributed by atoms with Crippen LogP contribution in [0.2, 0.25) is 0 Å². The number of hydrogen-bond donors (Lipinski definition) is 0. The molecule has 0 fully saturated rings. The Kier molecular flexibility index (Phi) is 4.42. The van der Waals surface area contributed by atoms with E-state index in [9.17, 15) is 0 Å². The Morgan fingerprint density at radius 2 is 1.35 bits per heavy atom. The largest absolute Gasteiger partial charge is 0.272 e. The standard InChI is InChI=1S/C29H20N4S/c1-3-11-19(12-4-1)26-30-27(20-13-5-2-6-14-20)32-29(31-26)33-23-17-9-7-15-21(23)25-22-16-8-10-18-24(22)34-28(25)33/h1-8,10-16,18H,9,17H2. The van der Waals surface area contributed by atoms with Gasteiger partial charge >= 0.3 is 0 Å². The van der Waals surface area contributed by atoms with Crippen LogP contribution < -0.4 is 0 Å². The summed E-state index contributed by atoms with van der Waals surface area (Å²) in [7, 11) is 0. The third-order valence-corrected chi connectivity index (χ3v) is 7.51. The van der Waals surface area contributed by atoms with Crippen LogP contribution in [-0.2, 0) is 6.42 Å². The van der Waals surface area contributed by atoms with Gasteiger partial charge in [-0.1, -0.05) is 91.0 Å². The number of aromatic nitrogens is 4. The van der Waals surface area contributed by atoms with Gasteiger partial charge in [-0.15, -0.1) is 11.3 Å². The number of benzene rings is 3. The van der Waals surface area contributed by atoms with E-state index in [0.717, 1.165) is 24.0 Å². The Hall–Kier alpha value is -4.09. The van der Waals surface area contributed by atoms with Crippen LogP contribution in [0.15, 0.2) is 91.0 Å². The van der Waals surface area contributed by atoms with Crippen molar-refractivity contribution in [2.24, 2.45) is 0 Å². The van der Waals surface area contributed by atoms with Crippen LogP contribution >= 0.6 is 11.3 Å². The Balaban J connectivity index is 1.56. The highest BCUT2D eigenvalue weighted by Gasteiger charge is 2.24. The maximum Gasteiger partial charge on any atom is 0.239 e. The van der Waals surface area contributed by atoms with Gasteiger partial charge < -0.3 is 0 Å². The van der Waals surface area contributed by atoms with E-state index in [-0.39, 0.29) is 0 Å². The van der Waals surface area contributed by atoms with Crippen molar-refractivity contribution in [1.82, 2.24) is 19.5 Å². The molecule has 0 radical (unpaired) electrons. The normalized spacial score (nSPS) is 12.9. The van der Waals surface area contributed by atoms with Gasteiger partial charge in [0, 0.05) is 37.9 Å². The van der Waals surface area contributed by atoms with Crippen LogP contribution in [0.25, 0.3) is 55.1 Å². The lowest BCUT2D eigenvalue weighted by Gasteiger charge is -2.14. The molecule has 3 aromatic heterocycles. The van der Waals surface area contributed by atoms with E-state index in [2.05, 4.69) is 65.3 Å². The molecular formula is C29H20N4S. The lowest BCUT2D eigenvalue weighted by atomic mass is 10.0. The van der Waals surface area contributed by atoms with Gasteiger partial charge in [-0.3, -0.25) is 4.57 Å². The zero-order valence-electron chi connectivity index (χ0n) is 18.3. The van der Waals surface area contributed by atoms with E-state index in [1.165, 1.54) is 31.6 Å². The second-order valence-corrected chi connectivity index (χ2v) is 9.46. The number of thiophene rings is 1. The number of fused-ring (bicyclic) bond motifs is 5. The number of rotatable bonds is 3. The minimum atomic E-state index is 0.681. The molecule has 3 heterocycles. The van der Waals surface area contributed by atoms with E-state index in [0.29, 0.717) is 17.6 Å². The van der Waals surface area contributed by atoms with Gasteiger partial charge in [0.05, 0.1) is 0 Å². The zero-order chi connectivity index (χ0) is 22.5. The van der Waals surface area contributed by atoms with Crippen LogP contribution in [0.4, 0.5) is 0 Å². The third kappa shape index (κ3) is 3.01. The summed E-state index contributed by atoms with van der Waals surface area (Å²) >= 11 is 1.81. The Bertz CT molecular complexity index is 1640. The summed E-state index contributed by atoms with van der Waals surface area (Å²) in [5, 5.41) is 2.60. The smallest absolute Gasteiger partial charge is 0.239 e. The van der Waals surface area contributed by atoms with Crippen molar-refractivity contribution in [1.29, 1.82) is 0 Å². The highest BCUT2D eigenvalue weighted by molar-refractivity contribution is 7.25. The van der Waals surface area contributed by atoms with Gasteiger partial charge in [0.1, 0.15) is 4.83 Å². The summed E-state index contributed by atoms with van der Waals surface area (Å²) < 4.78 is 3.56. The van der Waals surface area contributed by atoms with Gasteiger partial charge in [0.2, 0.25) is 5.95 Å². The monoisotopic (exact) mass is 456 g/mol. The van der Waals surface area contributed by atoms with Crippen molar-refractivity contribution < 1.29 is 0 Å². The summed E-state index contributed by atoms with van der Waals surface area (Å²) in [4.78, 5) is 16.1. The first-order valence-corrected chi connectivity index (χ1v) is 12.3. The Morgan fingerprint density at radius 1 is 0.706 bits per heavy atom. The summed E-state index contributed by atoms with van der Waals surface area (Å²) in [6.45, 7) is 0. The fourth-order valence-corrected chi connectivity index (χ4v) is 6.03. The predicted octanol–water partition coefficient (Wildman–Crippen LogP) is 7.32. The molecule has 0 atom stereocenters. The minimum absolute atomic E-state index is 0.681. The second kappa shape index (κ2) is 7.75. The third-order valence-electron chi connectivity index (χ3n) is 6.35. The maximum absolute atomic E-state index is 5.02.